The minimum atomic E-state index is -0.214. The fourth-order valence-electron chi connectivity index (χ4n) is 2.78. The Morgan fingerprint density at radius 2 is 1.80 bits per heavy atom. The molecule has 7 nitrogen and oxygen atoms in total. The van der Waals surface area contributed by atoms with E-state index in [-0.39, 0.29) is 31.1 Å². The van der Waals surface area contributed by atoms with Gasteiger partial charge in [0.05, 0.1) is 13.0 Å². The van der Waals surface area contributed by atoms with Crippen LogP contribution < -0.4 is 30.4 Å². The van der Waals surface area contributed by atoms with Crippen molar-refractivity contribution in [3.8, 4) is 17.2 Å². The maximum Gasteiger partial charge on any atom is 0.241 e. The van der Waals surface area contributed by atoms with Gasteiger partial charge >= 0.3 is 0 Å². The number of hydrogen-bond acceptors (Lipinski definition) is 5. The number of benzene rings is 2. The number of amides is 1. The van der Waals surface area contributed by atoms with E-state index in [9.17, 15) is 4.79 Å². The first-order valence-electron chi connectivity index (χ1n) is 9.76. The fraction of sp³-hybridized carbons (Fsp3) is 0.364. The van der Waals surface area contributed by atoms with Crippen molar-refractivity contribution in [1.29, 1.82) is 0 Å². The molecule has 3 N–H and O–H groups in total. The van der Waals surface area contributed by atoms with E-state index in [1.807, 2.05) is 42.5 Å². The summed E-state index contributed by atoms with van der Waals surface area (Å²) in [5.41, 5.74) is 7.56. The zero-order valence-corrected chi connectivity index (χ0v) is 18.2. The highest BCUT2D eigenvalue weighted by molar-refractivity contribution is 7.80. The molecule has 0 spiro atoms. The second-order valence-electron chi connectivity index (χ2n) is 7.92. The van der Waals surface area contributed by atoms with Crippen LogP contribution in [0.25, 0.3) is 0 Å². The lowest BCUT2D eigenvalue weighted by molar-refractivity contribution is -0.122. The molecule has 0 radical (unpaired) electrons. The second-order valence-corrected chi connectivity index (χ2v) is 8.32. The van der Waals surface area contributed by atoms with Crippen LogP contribution >= 0.6 is 12.2 Å². The number of rotatable bonds is 6. The predicted molar refractivity (Wildman–Crippen MR) is 119 cm³/mol. The smallest absolute Gasteiger partial charge is 0.241 e. The molecule has 0 aromatic heterocycles. The molecule has 0 atom stereocenters. The number of hydrogen-bond donors (Lipinski definition) is 3. The first kappa shape index (κ1) is 21.7. The third kappa shape index (κ3) is 6.25. The van der Waals surface area contributed by atoms with Crippen molar-refractivity contribution in [2.24, 2.45) is 0 Å². The number of ether oxygens (including phenoxy) is 3. The molecule has 8 heteroatoms. The lowest BCUT2D eigenvalue weighted by atomic mass is 9.87. The van der Waals surface area contributed by atoms with E-state index < -0.39 is 0 Å². The van der Waals surface area contributed by atoms with Crippen LogP contribution in [0.4, 0.5) is 0 Å². The monoisotopic (exact) mass is 429 g/mol. The van der Waals surface area contributed by atoms with Gasteiger partial charge in [-0.3, -0.25) is 15.6 Å². The second kappa shape index (κ2) is 9.67. The Labute approximate surface area is 182 Å². The van der Waals surface area contributed by atoms with Crippen molar-refractivity contribution in [2.75, 3.05) is 13.4 Å². The van der Waals surface area contributed by atoms with Crippen LogP contribution in [-0.2, 0) is 16.8 Å². The molecule has 0 aliphatic carbocycles. The SMILES string of the molecule is CC(C)(C)c1ccc(OCCC(=O)NNC(=S)NCc2ccc3c(c2)OCO3)cc1. The molecule has 1 heterocycles. The average molecular weight is 430 g/mol. The minimum Gasteiger partial charge on any atom is -0.493 e. The zero-order chi connectivity index (χ0) is 21.6. The summed E-state index contributed by atoms with van der Waals surface area (Å²) in [6, 6.07) is 13.6. The first-order chi connectivity index (χ1) is 14.3. The Morgan fingerprint density at radius 1 is 1.07 bits per heavy atom. The quantitative estimate of drug-likeness (QED) is 0.481. The van der Waals surface area contributed by atoms with Crippen molar-refractivity contribution >= 4 is 23.2 Å². The maximum absolute atomic E-state index is 12.0. The highest BCUT2D eigenvalue weighted by Gasteiger charge is 2.14. The van der Waals surface area contributed by atoms with Crippen molar-refractivity contribution in [3.63, 3.8) is 0 Å². The number of thiocarbonyl (C=S) groups is 1. The van der Waals surface area contributed by atoms with Crippen LogP contribution in [0, 0.1) is 0 Å². The fourth-order valence-corrected chi connectivity index (χ4v) is 2.90. The highest BCUT2D eigenvalue weighted by atomic mass is 32.1. The summed E-state index contributed by atoms with van der Waals surface area (Å²) in [5, 5.41) is 3.34. The molecule has 0 bridgehead atoms. The molecule has 0 unspecified atom stereocenters. The van der Waals surface area contributed by atoms with Crippen LogP contribution in [0.15, 0.2) is 42.5 Å². The molecule has 0 saturated carbocycles. The van der Waals surface area contributed by atoms with Gasteiger partial charge in [0.15, 0.2) is 16.6 Å². The van der Waals surface area contributed by atoms with Gasteiger partial charge in [-0.1, -0.05) is 39.0 Å². The van der Waals surface area contributed by atoms with Crippen molar-refractivity contribution in [2.45, 2.75) is 39.2 Å². The van der Waals surface area contributed by atoms with E-state index in [0.29, 0.717) is 11.7 Å². The summed E-state index contributed by atoms with van der Waals surface area (Å²) >= 11 is 5.18. The zero-order valence-electron chi connectivity index (χ0n) is 17.4. The number of nitrogens with one attached hydrogen (secondary N) is 3. The Kier molecular flexibility index (Phi) is 6.99. The molecule has 1 aliphatic heterocycles. The molecule has 2 aromatic carbocycles. The number of hydrazine groups is 1. The molecule has 1 aliphatic rings. The number of carbonyl (C=O) groups is 1. The number of fused-ring (bicyclic) bond motifs is 1. The Hall–Kier alpha value is -3.00. The van der Waals surface area contributed by atoms with E-state index in [4.69, 9.17) is 26.4 Å². The van der Waals surface area contributed by atoms with Gasteiger partial charge in [-0.2, -0.15) is 0 Å². The first-order valence-corrected chi connectivity index (χ1v) is 10.2. The summed E-state index contributed by atoms with van der Waals surface area (Å²) in [5.74, 6) is 1.98. The van der Waals surface area contributed by atoms with Crippen molar-refractivity contribution in [1.82, 2.24) is 16.2 Å². The molecular weight excluding hydrogens is 402 g/mol. The summed E-state index contributed by atoms with van der Waals surface area (Å²) < 4.78 is 16.3. The summed E-state index contributed by atoms with van der Waals surface area (Å²) in [7, 11) is 0. The molecule has 3 rings (SSSR count). The van der Waals surface area contributed by atoms with Gasteiger partial charge in [-0.25, -0.2) is 0 Å². The third-order valence-electron chi connectivity index (χ3n) is 4.52. The minimum absolute atomic E-state index is 0.0965. The molecule has 0 saturated heterocycles. The van der Waals surface area contributed by atoms with Gasteiger partial charge in [0.2, 0.25) is 12.7 Å². The molecular formula is C22H27N3O4S. The Balaban J connectivity index is 1.32. The lowest BCUT2D eigenvalue weighted by Gasteiger charge is -2.19. The van der Waals surface area contributed by atoms with Gasteiger partial charge in [0.1, 0.15) is 5.75 Å². The predicted octanol–water partition coefficient (Wildman–Crippen LogP) is 3.18. The Bertz CT molecular complexity index is 894. The van der Waals surface area contributed by atoms with E-state index in [0.717, 1.165) is 22.8 Å². The topological polar surface area (TPSA) is 80.9 Å². The Morgan fingerprint density at radius 3 is 2.53 bits per heavy atom. The van der Waals surface area contributed by atoms with Gasteiger partial charge in [-0.05, 0) is 53.0 Å². The molecule has 1 amide bonds. The summed E-state index contributed by atoms with van der Waals surface area (Å²) in [6.45, 7) is 7.49. The van der Waals surface area contributed by atoms with E-state index in [2.05, 4.69) is 36.9 Å². The molecule has 30 heavy (non-hydrogen) atoms. The number of carbonyl (C=O) groups excluding carboxylic acids is 1. The average Bonchev–Trinajstić information content (AvgIpc) is 3.18. The summed E-state index contributed by atoms with van der Waals surface area (Å²) in [4.78, 5) is 12.0. The summed E-state index contributed by atoms with van der Waals surface area (Å²) in [6.07, 6.45) is 0.207. The van der Waals surface area contributed by atoms with E-state index >= 15 is 0 Å². The maximum atomic E-state index is 12.0. The van der Waals surface area contributed by atoms with E-state index in [1.54, 1.807) is 0 Å². The third-order valence-corrected chi connectivity index (χ3v) is 4.77. The van der Waals surface area contributed by atoms with Gasteiger partial charge in [-0.15, -0.1) is 0 Å². The largest absolute Gasteiger partial charge is 0.493 e. The van der Waals surface area contributed by atoms with Crippen LogP contribution in [0.1, 0.15) is 38.3 Å². The van der Waals surface area contributed by atoms with Gasteiger partial charge in [0.25, 0.3) is 0 Å². The standard InChI is InChI=1S/C22H27N3O4S/c1-22(2,3)16-5-7-17(8-6-16)27-11-10-20(26)24-25-21(30)23-13-15-4-9-18-19(12-15)29-14-28-18/h4-9,12H,10-11,13-14H2,1-3H3,(H,24,26)(H2,23,25,30). The van der Waals surface area contributed by atoms with Crippen LogP contribution in [0.5, 0.6) is 17.2 Å². The molecule has 160 valence electrons. The normalized spacial score (nSPS) is 12.2. The molecule has 2 aromatic rings. The van der Waals surface area contributed by atoms with Crippen molar-refractivity contribution < 1.29 is 19.0 Å². The van der Waals surface area contributed by atoms with Crippen molar-refractivity contribution in [3.05, 3.63) is 53.6 Å². The van der Waals surface area contributed by atoms with Crippen LogP contribution in [0.3, 0.4) is 0 Å². The van der Waals surface area contributed by atoms with Crippen LogP contribution in [0.2, 0.25) is 0 Å². The molecule has 0 fully saturated rings. The van der Waals surface area contributed by atoms with Gasteiger partial charge in [0, 0.05) is 6.54 Å². The van der Waals surface area contributed by atoms with E-state index in [1.165, 1.54) is 5.56 Å². The highest BCUT2D eigenvalue weighted by Crippen LogP contribution is 2.32. The van der Waals surface area contributed by atoms with Gasteiger partial charge < -0.3 is 19.5 Å². The lowest BCUT2D eigenvalue weighted by Crippen LogP contribution is -2.46. The van der Waals surface area contributed by atoms with Crippen LogP contribution in [-0.4, -0.2) is 24.4 Å².